The molecule has 0 aromatic heterocycles. The number of nitrogens with one attached hydrogen (secondary N) is 1. The zero-order valence-electron chi connectivity index (χ0n) is 12.0. The molecule has 0 atom stereocenters. The molecule has 4 heteroatoms. The van der Waals surface area contributed by atoms with Gasteiger partial charge in [0.15, 0.2) is 0 Å². The Hall–Kier alpha value is -1.23. The molecule has 112 valence electrons. The van der Waals surface area contributed by atoms with Crippen LogP contribution in [-0.2, 0) is 24.5 Å². The highest BCUT2D eigenvalue weighted by Crippen LogP contribution is 2.15. The summed E-state index contributed by atoms with van der Waals surface area (Å²) in [6.45, 7) is 4.45. The predicted molar refractivity (Wildman–Crippen MR) is 86.4 cm³/mol. The van der Waals surface area contributed by atoms with Crippen LogP contribution in [0.4, 0.5) is 4.39 Å². The third-order valence-corrected chi connectivity index (χ3v) is 3.66. The fourth-order valence-electron chi connectivity index (χ4n) is 1.98. The van der Waals surface area contributed by atoms with Crippen LogP contribution in [0.15, 0.2) is 46.9 Å². The summed E-state index contributed by atoms with van der Waals surface area (Å²) in [5, 5.41) is 3.23. The third-order valence-electron chi connectivity index (χ3n) is 3.13. The van der Waals surface area contributed by atoms with E-state index in [1.165, 1.54) is 6.07 Å². The molecule has 0 aliphatic carbocycles. The Morgan fingerprint density at radius 2 is 1.76 bits per heavy atom. The topological polar surface area (TPSA) is 21.3 Å². The molecule has 2 aromatic carbocycles. The van der Waals surface area contributed by atoms with Crippen molar-refractivity contribution in [3.63, 3.8) is 0 Å². The van der Waals surface area contributed by atoms with Gasteiger partial charge in [0.25, 0.3) is 0 Å². The van der Waals surface area contributed by atoms with Crippen LogP contribution in [0.25, 0.3) is 0 Å². The Bertz CT molecular complexity index is 572. The Kier molecular flexibility index (Phi) is 6.36. The second-order valence-electron chi connectivity index (χ2n) is 4.83. The average Bonchev–Trinajstić information content (AvgIpc) is 2.50. The molecule has 0 amide bonds. The smallest absolute Gasteiger partial charge is 0.128 e. The molecular formula is C17H19BrFNO. The molecule has 21 heavy (non-hydrogen) atoms. The lowest BCUT2D eigenvalue weighted by Crippen LogP contribution is -2.12. The Balaban J connectivity index is 1.91. The Morgan fingerprint density at radius 3 is 2.48 bits per heavy atom. The zero-order chi connectivity index (χ0) is 15.1. The van der Waals surface area contributed by atoms with Crippen molar-refractivity contribution in [2.75, 3.05) is 6.54 Å². The first-order valence-electron chi connectivity index (χ1n) is 6.99. The predicted octanol–water partition coefficient (Wildman–Crippen LogP) is 4.41. The number of ether oxygens (including phenoxy) is 1. The highest BCUT2D eigenvalue weighted by Gasteiger charge is 2.04. The van der Waals surface area contributed by atoms with Crippen LogP contribution in [0.2, 0.25) is 0 Å². The lowest BCUT2D eigenvalue weighted by Gasteiger charge is -2.09. The molecule has 0 radical (unpaired) electrons. The molecule has 0 saturated carbocycles. The third kappa shape index (κ3) is 5.23. The van der Waals surface area contributed by atoms with E-state index >= 15 is 0 Å². The minimum Gasteiger partial charge on any atom is -0.372 e. The summed E-state index contributed by atoms with van der Waals surface area (Å²) in [6, 6.07) is 13.1. The summed E-state index contributed by atoms with van der Waals surface area (Å²) in [7, 11) is 0. The average molecular weight is 352 g/mol. The number of hydrogen-bond acceptors (Lipinski definition) is 2. The van der Waals surface area contributed by atoms with Gasteiger partial charge in [-0.05, 0) is 41.9 Å². The van der Waals surface area contributed by atoms with Crippen LogP contribution < -0.4 is 5.32 Å². The maximum Gasteiger partial charge on any atom is 0.128 e. The van der Waals surface area contributed by atoms with E-state index in [0.29, 0.717) is 12.2 Å². The number of halogens is 2. The van der Waals surface area contributed by atoms with Gasteiger partial charge in [0.2, 0.25) is 0 Å². The SMILES string of the molecule is CCNCc1ccc(F)c(COCc2ccc(Br)cc2)c1. The molecule has 0 unspecified atom stereocenters. The summed E-state index contributed by atoms with van der Waals surface area (Å²) in [5.74, 6) is -0.217. The van der Waals surface area contributed by atoms with Gasteiger partial charge in [0.05, 0.1) is 13.2 Å². The molecule has 0 aliphatic rings. The van der Waals surface area contributed by atoms with Gasteiger partial charge in [-0.15, -0.1) is 0 Å². The molecular weight excluding hydrogens is 333 g/mol. The van der Waals surface area contributed by atoms with Gasteiger partial charge in [-0.1, -0.05) is 41.1 Å². The summed E-state index contributed by atoms with van der Waals surface area (Å²) in [5.41, 5.74) is 2.74. The van der Waals surface area contributed by atoms with Crippen LogP contribution in [0.5, 0.6) is 0 Å². The lowest BCUT2D eigenvalue weighted by molar-refractivity contribution is 0.105. The summed E-state index contributed by atoms with van der Waals surface area (Å²) < 4.78 is 20.4. The maximum absolute atomic E-state index is 13.8. The van der Waals surface area contributed by atoms with Crippen molar-refractivity contribution >= 4 is 15.9 Å². The lowest BCUT2D eigenvalue weighted by atomic mass is 10.1. The molecule has 0 bridgehead atoms. The van der Waals surface area contributed by atoms with E-state index in [1.807, 2.05) is 37.3 Å². The van der Waals surface area contributed by atoms with Crippen LogP contribution in [-0.4, -0.2) is 6.54 Å². The first-order valence-corrected chi connectivity index (χ1v) is 7.78. The second kappa shape index (κ2) is 8.27. The van der Waals surface area contributed by atoms with E-state index in [-0.39, 0.29) is 12.4 Å². The number of rotatable bonds is 7. The van der Waals surface area contributed by atoms with Crippen LogP contribution in [0, 0.1) is 5.82 Å². The second-order valence-corrected chi connectivity index (χ2v) is 5.74. The summed E-state index contributed by atoms with van der Waals surface area (Å²) in [4.78, 5) is 0. The molecule has 0 spiro atoms. The highest BCUT2D eigenvalue weighted by atomic mass is 79.9. The van der Waals surface area contributed by atoms with E-state index in [4.69, 9.17) is 4.74 Å². The fraction of sp³-hybridized carbons (Fsp3) is 0.294. The van der Waals surface area contributed by atoms with Crippen molar-refractivity contribution in [1.82, 2.24) is 5.32 Å². The first kappa shape index (κ1) is 16.1. The number of benzene rings is 2. The zero-order valence-corrected chi connectivity index (χ0v) is 13.6. The quantitative estimate of drug-likeness (QED) is 0.797. The van der Waals surface area contributed by atoms with Crippen molar-refractivity contribution < 1.29 is 9.13 Å². The minimum atomic E-state index is -0.217. The minimum absolute atomic E-state index is 0.217. The molecule has 0 heterocycles. The number of hydrogen-bond donors (Lipinski definition) is 1. The Labute approximate surface area is 133 Å². The standard InChI is InChI=1S/C17H19BrFNO/c1-2-20-10-14-5-8-17(19)15(9-14)12-21-11-13-3-6-16(18)7-4-13/h3-9,20H,2,10-12H2,1H3. The first-order chi connectivity index (χ1) is 10.2. The molecule has 0 saturated heterocycles. The van der Waals surface area contributed by atoms with Gasteiger partial charge in [0.1, 0.15) is 5.82 Å². The van der Waals surface area contributed by atoms with Gasteiger partial charge >= 0.3 is 0 Å². The van der Waals surface area contributed by atoms with Crippen LogP contribution in [0.1, 0.15) is 23.6 Å². The Morgan fingerprint density at radius 1 is 1.05 bits per heavy atom. The van der Waals surface area contributed by atoms with E-state index in [0.717, 1.165) is 28.7 Å². The summed E-state index contributed by atoms with van der Waals surface area (Å²) >= 11 is 3.39. The largest absolute Gasteiger partial charge is 0.372 e. The molecule has 0 fully saturated rings. The van der Waals surface area contributed by atoms with Crippen molar-refractivity contribution in [1.29, 1.82) is 0 Å². The van der Waals surface area contributed by atoms with Gasteiger partial charge in [-0.2, -0.15) is 0 Å². The fourth-order valence-corrected chi connectivity index (χ4v) is 2.24. The van der Waals surface area contributed by atoms with E-state index < -0.39 is 0 Å². The van der Waals surface area contributed by atoms with E-state index in [2.05, 4.69) is 21.2 Å². The van der Waals surface area contributed by atoms with Gasteiger partial charge in [-0.25, -0.2) is 4.39 Å². The normalized spacial score (nSPS) is 10.8. The van der Waals surface area contributed by atoms with Crippen molar-refractivity contribution in [3.8, 4) is 0 Å². The van der Waals surface area contributed by atoms with E-state index in [1.54, 1.807) is 6.07 Å². The molecule has 0 aliphatic heterocycles. The molecule has 2 rings (SSSR count). The van der Waals surface area contributed by atoms with Crippen molar-refractivity contribution in [3.05, 3.63) is 69.4 Å². The van der Waals surface area contributed by atoms with Crippen molar-refractivity contribution in [2.45, 2.75) is 26.7 Å². The van der Waals surface area contributed by atoms with Crippen molar-refractivity contribution in [2.24, 2.45) is 0 Å². The van der Waals surface area contributed by atoms with Crippen LogP contribution in [0.3, 0.4) is 0 Å². The maximum atomic E-state index is 13.8. The highest BCUT2D eigenvalue weighted by molar-refractivity contribution is 9.10. The van der Waals surface area contributed by atoms with Crippen LogP contribution >= 0.6 is 15.9 Å². The van der Waals surface area contributed by atoms with Gasteiger partial charge in [0, 0.05) is 16.6 Å². The summed E-state index contributed by atoms with van der Waals surface area (Å²) in [6.07, 6.45) is 0. The van der Waals surface area contributed by atoms with E-state index in [9.17, 15) is 4.39 Å². The molecule has 2 nitrogen and oxygen atoms in total. The monoisotopic (exact) mass is 351 g/mol. The van der Waals surface area contributed by atoms with Gasteiger partial charge in [-0.3, -0.25) is 0 Å². The molecule has 1 N–H and O–H groups in total. The molecule has 2 aromatic rings. The van der Waals surface area contributed by atoms with Gasteiger partial charge < -0.3 is 10.1 Å².